The van der Waals surface area contributed by atoms with Gasteiger partial charge in [-0.2, -0.15) is 8.78 Å². The lowest BCUT2D eigenvalue weighted by Crippen LogP contribution is -2.39. The van der Waals surface area contributed by atoms with Crippen molar-refractivity contribution in [3.63, 3.8) is 0 Å². The molecule has 0 spiro atoms. The van der Waals surface area contributed by atoms with E-state index < -0.39 is 12.7 Å². The average molecular weight is 403 g/mol. The summed E-state index contributed by atoms with van der Waals surface area (Å²) in [5.41, 5.74) is 1.17. The molecule has 0 bridgehead atoms. The third kappa shape index (κ3) is 5.56. The molecule has 0 aromatic heterocycles. The fourth-order valence-electron chi connectivity index (χ4n) is 2.28. The molecular weight excluding hydrogens is 385 g/mol. The van der Waals surface area contributed by atoms with Gasteiger partial charge in [0.1, 0.15) is 5.75 Å². The number of hydrogen-bond acceptors (Lipinski definition) is 3. The Balaban J connectivity index is 2.01. The van der Waals surface area contributed by atoms with Gasteiger partial charge >= 0.3 is 6.61 Å². The third-order valence-corrected chi connectivity index (χ3v) is 4.62. The van der Waals surface area contributed by atoms with E-state index in [1.807, 2.05) is 0 Å². The zero-order chi connectivity index (χ0) is 19.3. The van der Waals surface area contributed by atoms with E-state index in [2.05, 4.69) is 10.1 Å². The first-order chi connectivity index (χ1) is 12.3. The van der Waals surface area contributed by atoms with Crippen molar-refractivity contribution in [3.8, 4) is 5.75 Å². The predicted octanol–water partition coefficient (Wildman–Crippen LogP) is 5.05. The number of ether oxygens (including phenoxy) is 1. The molecule has 0 saturated heterocycles. The fraction of sp³-hybridized carbons (Fsp3) is 0.278. The number of carbonyl (C=O) groups excluding carboxylic acids is 1. The first kappa shape index (κ1) is 20.4. The van der Waals surface area contributed by atoms with E-state index in [4.69, 9.17) is 23.2 Å². The molecule has 0 aliphatic carbocycles. The molecule has 1 N–H and O–H groups in total. The molecule has 0 aliphatic rings. The lowest BCUT2D eigenvalue weighted by molar-refractivity contribution is -0.120. The Hall–Kier alpha value is -1.89. The number of alkyl halides is 2. The zero-order valence-corrected chi connectivity index (χ0v) is 15.7. The lowest BCUT2D eigenvalue weighted by atomic mass is 10.1. The maximum atomic E-state index is 12.4. The highest BCUT2D eigenvalue weighted by molar-refractivity contribution is 6.44. The highest BCUT2D eigenvalue weighted by Crippen LogP contribution is 2.29. The van der Waals surface area contributed by atoms with E-state index in [-0.39, 0.29) is 16.7 Å². The molecular formula is C18H18Cl2F2N2O2. The van der Waals surface area contributed by atoms with Crippen LogP contribution >= 0.6 is 23.2 Å². The van der Waals surface area contributed by atoms with Crippen molar-refractivity contribution in [2.45, 2.75) is 26.1 Å². The highest BCUT2D eigenvalue weighted by atomic mass is 35.5. The maximum absolute atomic E-state index is 12.4. The lowest BCUT2D eigenvalue weighted by Gasteiger charge is -2.24. The second-order valence-electron chi connectivity index (χ2n) is 5.71. The molecule has 2 rings (SSSR count). The van der Waals surface area contributed by atoms with Gasteiger partial charge < -0.3 is 10.1 Å². The Morgan fingerprint density at radius 2 is 1.92 bits per heavy atom. The summed E-state index contributed by atoms with van der Waals surface area (Å²) in [5.74, 6) is -0.189. The van der Waals surface area contributed by atoms with Crippen LogP contribution in [-0.2, 0) is 11.3 Å². The summed E-state index contributed by atoms with van der Waals surface area (Å²) >= 11 is 12.0. The van der Waals surface area contributed by atoms with E-state index in [1.54, 1.807) is 49.2 Å². The van der Waals surface area contributed by atoms with Gasteiger partial charge in [-0.3, -0.25) is 9.69 Å². The van der Waals surface area contributed by atoms with E-state index in [1.165, 1.54) is 12.1 Å². The summed E-state index contributed by atoms with van der Waals surface area (Å²) in [7, 11) is 1.75. The summed E-state index contributed by atoms with van der Waals surface area (Å²) in [6.07, 6.45) is 0. The van der Waals surface area contributed by atoms with Crippen molar-refractivity contribution in [2.75, 3.05) is 12.4 Å². The Bertz CT molecular complexity index is 775. The Morgan fingerprint density at radius 3 is 2.62 bits per heavy atom. The number of likely N-dealkylation sites (N-methyl/N-ethyl adjacent to an activating group) is 1. The molecule has 0 fully saturated rings. The molecule has 0 aliphatic heterocycles. The normalized spacial score (nSPS) is 12.3. The summed E-state index contributed by atoms with van der Waals surface area (Å²) in [6.45, 7) is -0.777. The van der Waals surface area contributed by atoms with Crippen LogP contribution in [0.4, 0.5) is 14.5 Å². The largest absolute Gasteiger partial charge is 0.435 e. The summed E-state index contributed by atoms with van der Waals surface area (Å²) in [6, 6.07) is 10.8. The van der Waals surface area contributed by atoms with Gasteiger partial charge in [-0.15, -0.1) is 0 Å². The smallest absolute Gasteiger partial charge is 0.387 e. The minimum Gasteiger partial charge on any atom is -0.435 e. The molecule has 26 heavy (non-hydrogen) atoms. The molecule has 4 nitrogen and oxygen atoms in total. The van der Waals surface area contributed by atoms with Crippen LogP contribution in [-0.4, -0.2) is 30.5 Å². The van der Waals surface area contributed by atoms with Gasteiger partial charge in [0.15, 0.2) is 0 Å². The van der Waals surface area contributed by atoms with E-state index in [0.29, 0.717) is 17.3 Å². The molecule has 1 atom stereocenters. The number of rotatable bonds is 7. The first-order valence-electron chi connectivity index (χ1n) is 7.76. The van der Waals surface area contributed by atoms with Gasteiger partial charge in [0.05, 0.1) is 21.8 Å². The summed E-state index contributed by atoms with van der Waals surface area (Å²) < 4.78 is 29.0. The van der Waals surface area contributed by atoms with Crippen LogP contribution in [0, 0.1) is 0 Å². The van der Waals surface area contributed by atoms with Crippen LogP contribution in [0.5, 0.6) is 5.75 Å². The number of amides is 1. The molecule has 140 valence electrons. The van der Waals surface area contributed by atoms with Crippen LogP contribution in [0.2, 0.25) is 10.0 Å². The van der Waals surface area contributed by atoms with Crippen molar-refractivity contribution in [1.29, 1.82) is 0 Å². The van der Waals surface area contributed by atoms with Gasteiger partial charge in [-0.1, -0.05) is 41.4 Å². The summed E-state index contributed by atoms with van der Waals surface area (Å²) in [5, 5.41) is 3.35. The van der Waals surface area contributed by atoms with Crippen molar-refractivity contribution >= 4 is 34.8 Å². The minimum absolute atomic E-state index is 0.0775. The number of nitrogens with zero attached hydrogens (tertiary/aromatic N) is 1. The van der Waals surface area contributed by atoms with Crippen molar-refractivity contribution in [3.05, 3.63) is 58.1 Å². The van der Waals surface area contributed by atoms with Gasteiger partial charge in [0.2, 0.25) is 5.91 Å². The molecule has 0 radical (unpaired) electrons. The van der Waals surface area contributed by atoms with Crippen LogP contribution in [0.25, 0.3) is 0 Å². The molecule has 1 unspecified atom stereocenters. The van der Waals surface area contributed by atoms with Gasteiger partial charge in [-0.25, -0.2) is 0 Å². The zero-order valence-electron chi connectivity index (χ0n) is 14.2. The number of nitrogens with one attached hydrogen (secondary N) is 1. The quantitative estimate of drug-likeness (QED) is 0.703. The minimum atomic E-state index is -2.88. The molecule has 8 heteroatoms. The SMILES string of the molecule is CC(C(=O)Nc1cccc(Cl)c1Cl)N(C)Cc1cccc(OC(F)F)c1. The van der Waals surface area contributed by atoms with Crippen molar-refractivity contribution < 1.29 is 18.3 Å². The highest BCUT2D eigenvalue weighted by Gasteiger charge is 2.20. The second kappa shape index (κ2) is 9.16. The Kier molecular flexibility index (Phi) is 7.20. The second-order valence-corrected chi connectivity index (χ2v) is 6.49. The Labute approximate surface area is 160 Å². The first-order valence-corrected chi connectivity index (χ1v) is 8.52. The number of benzene rings is 2. The number of carbonyl (C=O) groups is 1. The number of anilines is 1. The molecule has 0 saturated carbocycles. The van der Waals surface area contributed by atoms with E-state index in [0.717, 1.165) is 5.56 Å². The number of halogens is 4. The standard InChI is InChI=1S/C18H18Cl2F2N2O2/c1-11(17(25)23-15-8-4-7-14(19)16(15)20)24(2)10-12-5-3-6-13(9-12)26-18(21)22/h3-9,11,18H,10H2,1-2H3,(H,23,25). The molecule has 0 heterocycles. The maximum Gasteiger partial charge on any atom is 0.387 e. The predicted molar refractivity (Wildman–Crippen MR) is 99.1 cm³/mol. The third-order valence-electron chi connectivity index (χ3n) is 3.81. The molecule has 2 aromatic carbocycles. The fourth-order valence-corrected chi connectivity index (χ4v) is 2.63. The number of hydrogen-bond donors (Lipinski definition) is 1. The van der Waals surface area contributed by atoms with Crippen LogP contribution in [0.1, 0.15) is 12.5 Å². The van der Waals surface area contributed by atoms with Crippen LogP contribution in [0.3, 0.4) is 0 Å². The van der Waals surface area contributed by atoms with Crippen molar-refractivity contribution in [1.82, 2.24) is 4.90 Å². The summed E-state index contributed by atoms with van der Waals surface area (Å²) in [4.78, 5) is 14.2. The van der Waals surface area contributed by atoms with Crippen molar-refractivity contribution in [2.24, 2.45) is 0 Å². The average Bonchev–Trinajstić information content (AvgIpc) is 2.58. The van der Waals surface area contributed by atoms with Gasteiger partial charge in [-0.05, 0) is 43.8 Å². The topological polar surface area (TPSA) is 41.6 Å². The van der Waals surface area contributed by atoms with E-state index >= 15 is 0 Å². The monoisotopic (exact) mass is 402 g/mol. The van der Waals surface area contributed by atoms with E-state index in [9.17, 15) is 13.6 Å². The molecule has 2 aromatic rings. The van der Waals surface area contributed by atoms with Crippen LogP contribution < -0.4 is 10.1 Å². The molecule has 1 amide bonds. The Morgan fingerprint density at radius 1 is 1.23 bits per heavy atom. The van der Waals surface area contributed by atoms with Gasteiger partial charge in [0.25, 0.3) is 0 Å². The van der Waals surface area contributed by atoms with Crippen LogP contribution in [0.15, 0.2) is 42.5 Å². The van der Waals surface area contributed by atoms with Gasteiger partial charge in [0, 0.05) is 6.54 Å².